The van der Waals surface area contributed by atoms with Crippen LogP contribution in [0.1, 0.15) is 0 Å². The zero-order chi connectivity index (χ0) is 24.4. The van der Waals surface area contributed by atoms with Crippen LogP contribution in [-0.2, 0) is 4.79 Å². The molecule has 3 heterocycles. The van der Waals surface area contributed by atoms with E-state index < -0.39 is 0 Å². The molecule has 2 aromatic carbocycles. The highest BCUT2D eigenvalue weighted by Gasteiger charge is 2.21. The summed E-state index contributed by atoms with van der Waals surface area (Å²) in [7, 11) is 0. The number of aromatic nitrogens is 4. The highest BCUT2D eigenvalue weighted by Crippen LogP contribution is 2.33. The van der Waals surface area contributed by atoms with E-state index in [4.69, 9.17) is 39.2 Å². The van der Waals surface area contributed by atoms with Crippen LogP contribution in [0.2, 0.25) is 15.1 Å². The van der Waals surface area contributed by atoms with Gasteiger partial charge in [0.1, 0.15) is 0 Å². The van der Waals surface area contributed by atoms with Crippen LogP contribution in [-0.4, -0.2) is 31.4 Å². The molecule has 7 nitrogen and oxygen atoms in total. The average molecular weight is 563 g/mol. The van der Waals surface area contributed by atoms with Gasteiger partial charge in [-0.1, -0.05) is 58.7 Å². The largest absolute Gasteiger partial charge is 0.461 e. The Hall–Kier alpha value is -2.82. The summed E-state index contributed by atoms with van der Waals surface area (Å²) in [6.07, 6.45) is 1.56. The maximum atomic E-state index is 12.7. The summed E-state index contributed by atoms with van der Waals surface area (Å²) >= 11 is 21.2. The molecule has 5 rings (SSSR count). The van der Waals surface area contributed by atoms with Crippen molar-refractivity contribution in [3.8, 4) is 28.5 Å². The Morgan fingerprint density at radius 2 is 1.91 bits per heavy atom. The molecule has 1 amide bonds. The monoisotopic (exact) mass is 561 g/mol. The Morgan fingerprint density at radius 3 is 2.69 bits per heavy atom. The number of carbonyl (C=O) groups is 1. The fourth-order valence-electron chi connectivity index (χ4n) is 3.22. The van der Waals surface area contributed by atoms with Crippen molar-refractivity contribution in [2.24, 2.45) is 0 Å². The van der Waals surface area contributed by atoms with Gasteiger partial charge >= 0.3 is 0 Å². The van der Waals surface area contributed by atoms with E-state index in [1.54, 1.807) is 47.2 Å². The third-order valence-electron chi connectivity index (χ3n) is 4.76. The van der Waals surface area contributed by atoms with Crippen LogP contribution in [0.5, 0.6) is 0 Å². The summed E-state index contributed by atoms with van der Waals surface area (Å²) in [6, 6.07) is 16.1. The minimum Gasteiger partial charge on any atom is -0.461 e. The lowest BCUT2D eigenvalue weighted by Gasteiger charge is -2.10. The average Bonchev–Trinajstić information content (AvgIpc) is 3.59. The summed E-state index contributed by atoms with van der Waals surface area (Å²) in [6.45, 7) is 0. The van der Waals surface area contributed by atoms with Crippen LogP contribution in [0.4, 0.5) is 5.13 Å². The lowest BCUT2D eigenvalue weighted by molar-refractivity contribution is -0.113. The third kappa shape index (κ3) is 5.24. The molecule has 35 heavy (non-hydrogen) atoms. The first kappa shape index (κ1) is 23.9. The Balaban J connectivity index is 1.33. The lowest BCUT2D eigenvalue weighted by Crippen LogP contribution is -2.14. The van der Waals surface area contributed by atoms with Crippen molar-refractivity contribution in [1.82, 2.24) is 19.7 Å². The van der Waals surface area contributed by atoms with Gasteiger partial charge in [0.05, 0.1) is 33.4 Å². The Labute approximate surface area is 223 Å². The molecule has 0 fully saturated rings. The van der Waals surface area contributed by atoms with Gasteiger partial charge in [-0.15, -0.1) is 21.5 Å². The number of carbonyl (C=O) groups excluding carboxylic acids is 1. The van der Waals surface area contributed by atoms with Crippen molar-refractivity contribution in [3.63, 3.8) is 0 Å². The van der Waals surface area contributed by atoms with Crippen LogP contribution < -0.4 is 5.32 Å². The van der Waals surface area contributed by atoms with Crippen LogP contribution >= 0.6 is 57.9 Å². The molecule has 0 saturated carbocycles. The summed E-state index contributed by atoms with van der Waals surface area (Å²) in [5, 5.41) is 15.7. The molecule has 0 aliphatic carbocycles. The van der Waals surface area contributed by atoms with Crippen LogP contribution in [0.25, 0.3) is 28.5 Å². The number of hydrogen-bond acceptors (Lipinski definition) is 7. The zero-order valence-electron chi connectivity index (χ0n) is 17.6. The van der Waals surface area contributed by atoms with E-state index in [1.165, 1.54) is 23.1 Å². The van der Waals surface area contributed by atoms with Crippen molar-refractivity contribution in [2.45, 2.75) is 5.16 Å². The number of thioether (sulfide) groups is 1. The zero-order valence-corrected chi connectivity index (χ0v) is 21.5. The number of furan rings is 1. The van der Waals surface area contributed by atoms with E-state index >= 15 is 0 Å². The number of nitrogens with one attached hydrogen (secondary N) is 1. The molecule has 0 unspecified atom stereocenters. The van der Waals surface area contributed by atoms with Gasteiger partial charge in [-0.3, -0.25) is 9.36 Å². The Morgan fingerprint density at radius 1 is 1.06 bits per heavy atom. The van der Waals surface area contributed by atoms with Crippen molar-refractivity contribution in [2.75, 3.05) is 11.1 Å². The number of para-hydroxylation sites is 1. The predicted molar refractivity (Wildman–Crippen MR) is 141 cm³/mol. The van der Waals surface area contributed by atoms with E-state index in [0.29, 0.717) is 48.3 Å². The smallest absolute Gasteiger partial charge is 0.236 e. The van der Waals surface area contributed by atoms with Crippen molar-refractivity contribution in [3.05, 3.63) is 81.3 Å². The van der Waals surface area contributed by atoms with Gasteiger partial charge in [0.15, 0.2) is 16.0 Å². The van der Waals surface area contributed by atoms with E-state index in [9.17, 15) is 4.79 Å². The molecule has 0 saturated heterocycles. The first-order valence-electron chi connectivity index (χ1n) is 10.1. The molecule has 0 aliphatic rings. The molecule has 0 spiro atoms. The van der Waals surface area contributed by atoms with E-state index in [-0.39, 0.29) is 11.7 Å². The minimum absolute atomic E-state index is 0.0807. The van der Waals surface area contributed by atoms with E-state index in [0.717, 1.165) is 5.56 Å². The van der Waals surface area contributed by atoms with Crippen LogP contribution in [0, 0.1) is 0 Å². The third-order valence-corrected chi connectivity index (χ3v) is 7.31. The lowest BCUT2D eigenvalue weighted by atomic mass is 10.2. The summed E-state index contributed by atoms with van der Waals surface area (Å²) in [4.78, 5) is 17.1. The second-order valence-electron chi connectivity index (χ2n) is 7.07. The SMILES string of the molecule is O=C(CSc1nnc(-c2ccco2)n1-c1ccccc1Cl)Nc1nc(-c2ccc(Cl)cc2Cl)cs1. The quantitative estimate of drug-likeness (QED) is 0.209. The number of nitrogens with zero attached hydrogens (tertiary/aromatic N) is 4. The molecule has 0 aliphatic heterocycles. The Bertz CT molecular complexity index is 1500. The number of benzene rings is 2. The van der Waals surface area contributed by atoms with Crippen molar-refractivity contribution >= 4 is 68.9 Å². The molecular weight excluding hydrogens is 549 g/mol. The maximum absolute atomic E-state index is 12.7. The standard InChI is InChI=1S/C23H14Cl3N5O2S2/c24-13-7-8-14(16(26)10-13)17-11-34-22(27-17)28-20(32)12-35-23-30-29-21(19-6-3-9-33-19)31(23)18-5-2-1-4-15(18)25/h1-11H,12H2,(H,27,28,32). The molecule has 0 radical (unpaired) electrons. The number of thiazole rings is 1. The van der Waals surface area contributed by atoms with Gasteiger partial charge in [-0.2, -0.15) is 0 Å². The van der Waals surface area contributed by atoms with Gasteiger partial charge < -0.3 is 9.73 Å². The molecular formula is C23H14Cl3N5O2S2. The molecule has 12 heteroatoms. The summed E-state index contributed by atoms with van der Waals surface area (Å²) in [5.41, 5.74) is 2.07. The Kier molecular flexibility index (Phi) is 7.12. The molecule has 1 N–H and O–H groups in total. The van der Waals surface area contributed by atoms with Gasteiger partial charge in [-0.05, 0) is 42.5 Å². The summed E-state index contributed by atoms with van der Waals surface area (Å²) < 4.78 is 7.28. The van der Waals surface area contributed by atoms with Gasteiger partial charge in [0.2, 0.25) is 11.7 Å². The van der Waals surface area contributed by atoms with Crippen molar-refractivity contribution < 1.29 is 9.21 Å². The predicted octanol–water partition coefficient (Wildman–Crippen LogP) is 7.34. The fraction of sp³-hybridized carbons (Fsp3) is 0.0435. The first-order valence-corrected chi connectivity index (χ1v) is 13.1. The topological polar surface area (TPSA) is 85.8 Å². The number of hydrogen-bond donors (Lipinski definition) is 1. The second kappa shape index (κ2) is 10.4. The van der Waals surface area contributed by atoms with Crippen LogP contribution in [0.3, 0.4) is 0 Å². The first-order chi connectivity index (χ1) is 17.0. The number of halogens is 3. The van der Waals surface area contributed by atoms with Gasteiger partial charge in [-0.25, -0.2) is 4.98 Å². The highest BCUT2D eigenvalue weighted by molar-refractivity contribution is 7.99. The number of rotatable bonds is 7. The van der Waals surface area contributed by atoms with E-state index in [2.05, 4.69) is 20.5 Å². The van der Waals surface area contributed by atoms with Crippen molar-refractivity contribution in [1.29, 1.82) is 0 Å². The molecule has 176 valence electrons. The molecule has 5 aromatic rings. The van der Waals surface area contributed by atoms with E-state index in [1.807, 2.05) is 23.6 Å². The minimum atomic E-state index is -0.244. The number of amides is 1. The number of anilines is 1. The normalized spacial score (nSPS) is 11.1. The summed E-state index contributed by atoms with van der Waals surface area (Å²) in [5.74, 6) is 0.851. The van der Waals surface area contributed by atoms with Gasteiger partial charge in [0, 0.05) is 16.0 Å². The highest BCUT2D eigenvalue weighted by atomic mass is 35.5. The molecule has 0 bridgehead atoms. The molecule has 0 atom stereocenters. The maximum Gasteiger partial charge on any atom is 0.236 e. The molecule has 3 aromatic heterocycles. The second-order valence-corrected chi connectivity index (χ2v) is 10.1. The fourth-order valence-corrected chi connectivity index (χ4v) is 5.41. The van der Waals surface area contributed by atoms with Gasteiger partial charge in [0.25, 0.3) is 0 Å². The van der Waals surface area contributed by atoms with Crippen LogP contribution in [0.15, 0.2) is 75.8 Å².